The molecular formula is C16H15BrN2O2. The molecule has 108 valence electrons. The topological polar surface area (TPSA) is 34.5 Å². The Morgan fingerprint density at radius 2 is 2.10 bits per heavy atom. The molecule has 1 aromatic carbocycles. The Kier molecular flexibility index (Phi) is 3.03. The van der Waals surface area contributed by atoms with Gasteiger partial charge in [0.1, 0.15) is 18.1 Å². The number of hydrogen-bond acceptors (Lipinski definition) is 2. The highest BCUT2D eigenvalue weighted by molar-refractivity contribution is 9.10. The third kappa shape index (κ3) is 2.25. The average Bonchev–Trinajstić information content (AvgIpc) is 3.28. The van der Waals surface area contributed by atoms with Gasteiger partial charge in [-0.3, -0.25) is 4.79 Å². The van der Waals surface area contributed by atoms with E-state index in [0.717, 1.165) is 34.4 Å². The first-order chi connectivity index (χ1) is 10.2. The van der Waals surface area contributed by atoms with E-state index in [-0.39, 0.29) is 5.91 Å². The maximum Gasteiger partial charge on any atom is 0.275 e. The maximum atomic E-state index is 13.0. The van der Waals surface area contributed by atoms with Crippen molar-refractivity contribution in [2.24, 2.45) is 0 Å². The first kappa shape index (κ1) is 13.0. The van der Waals surface area contributed by atoms with Crippen molar-refractivity contribution >= 4 is 27.5 Å². The van der Waals surface area contributed by atoms with E-state index in [1.54, 1.807) is 0 Å². The zero-order valence-electron chi connectivity index (χ0n) is 11.5. The molecule has 2 aromatic rings. The fraction of sp³-hybridized carbons (Fsp3) is 0.312. The molecule has 0 unspecified atom stereocenters. The molecule has 1 saturated carbocycles. The van der Waals surface area contributed by atoms with Crippen LogP contribution in [0.2, 0.25) is 0 Å². The fourth-order valence-electron chi connectivity index (χ4n) is 2.79. The number of rotatable bonds is 2. The van der Waals surface area contributed by atoms with E-state index >= 15 is 0 Å². The number of anilines is 1. The minimum Gasteiger partial charge on any atom is -0.490 e. The second-order valence-electron chi connectivity index (χ2n) is 5.45. The molecule has 4 rings (SSSR count). The first-order valence-corrected chi connectivity index (χ1v) is 7.94. The van der Waals surface area contributed by atoms with Crippen LogP contribution in [0.1, 0.15) is 29.4 Å². The summed E-state index contributed by atoms with van der Waals surface area (Å²) in [6.07, 6.45) is 4.32. The summed E-state index contributed by atoms with van der Waals surface area (Å²) in [7, 11) is 0. The molecule has 0 spiro atoms. The number of fused-ring (bicyclic) bond motifs is 1. The Balaban J connectivity index is 1.73. The monoisotopic (exact) mass is 346 g/mol. The van der Waals surface area contributed by atoms with Crippen LogP contribution in [0.15, 0.2) is 41.0 Å². The lowest BCUT2D eigenvalue weighted by Gasteiger charge is -2.29. The highest BCUT2D eigenvalue weighted by atomic mass is 79.9. The molecular weight excluding hydrogens is 332 g/mol. The van der Waals surface area contributed by atoms with Crippen LogP contribution in [-0.2, 0) is 0 Å². The summed E-state index contributed by atoms with van der Waals surface area (Å²) in [4.78, 5) is 14.8. The molecule has 0 bridgehead atoms. The zero-order chi connectivity index (χ0) is 14.4. The van der Waals surface area contributed by atoms with Gasteiger partial charge in [-0.05, 0) is 47.0 Å². The molecule has 5 heteroatoms. The van der Waals surface area contributed by atoms with Gasteiger partial charge in [-0.25, -0.2) is 0 Å². The van der Waals surface area contributed by atoms with Crippen LogP contribution in [-0.4, -0.2) is 23.6 Å². The van der Waals surface area contributed by atoms with Crippen LogP contribution in [0.3, 0.4) is 0 Å². The van der Waals surface area contributed by atoms with Crippen LogP contribution in [0.5, 0.6) is 5.75 Å². The van der Waals surface area contributed by atoms with Gasteiger partial charge in [-0.2, -0.15) is 0 Å². The van der Waals surface area contributed by atoms with Gasteiger partial charge in [-0.1, -0.05) is 12.1 Å². The normalized spacial score (nSPS) is 17.3. The number of aromatic nitrogens is 1. The van der Waals surface area contributed by atoms with Gasteiger partial charge in [0.2, 0.25) is 0 Å². The SMILES string of the molecule is O=C(c1cc(Br)cn1C1CC1)N1CCOc2ccccc21. The number of carbonyl (C=O) groups is 1. The van der Waals surface area contributed by atoms with Crippen molar-refractivity contribution in [2.75, 3.05) is 18.1 Å². The third-order valence-corrected chi connectivity index (χ3v) is 4.38. The van der Waals surface area contributed by atoms with Crippen molar-refractivity contribution in [3.63, 3.8) is 0 Å². The Bertz CT molecular complexity index is 706. The van der Waals surface area contributed by atoms with Crippen LogP contribution in [0, 0.1) is 0 Å². The van der Waals surface area contributed by atoms with Crippen molar-refractivity contribution in [1.82, 2.24) is 4.57 Å². The Morgan fingerprint density at radius 3 is 2.90 bits per heavy atom. The molecule has 1 amide bonds. The lowest BCUT2D eigenvalue weighted by atomic mass is 10.2. The van der Waals surface area contributed by atoms with Gasteiger partial charge in [0.15, 0.2) is 0 Å². The van der Waals surface area contributed by atoms with Crippen molar-refractivity contribution in [1.29, 1.82) is 0 Å². The maximum absolute atomic E-state index is 13.0. The molecule has 0 N–H and O–H groups in total. The molecule has 0 radical (unpaired) electrons. The number of para-hydroxylation sites is 2. The molecule has 0 atom stereocenters. The summed E-state index contributed by atoms with van der Waals surface area (Å²) < 4.78 is 8.68. The van der Waals surface area contributed by atoms with E-state index in [0.29, 0.717) is 19.2 Å². The summed E-state index contributed by atoms with van der Waals surface area (Å²) >= 11 is 3.49. The molecule has 21 heavy (non-hydrogen) atoms. The van der Waals surface area contributed by atoms with E-state index < -0.39 is 0 Å². The number of benzene rings is 1. The van der Waals surface area contributed by atoms with E-state index in [9.17, 15) is 4.79 Å². The summed E-state index contributed by atoms with van der Waals surface area (Å²) in [6.45, 7) is 1.12. The second kappa shape index (κ2) is 4.91. The molecule has 0 saturated heterocycles. The second-order valence-corrected chi connectivity index (χ2v) is 6.37. The van der Waals surface area contributed by atoms with Crippen LogP contribution >= 0.6 is 15.9 Å². The van der Waals surface area contributed by atoms with Crippen molar-refractivity contribution in [3.8, 4) is 5.75 Å². The number of carbonyl (C=O) groups excluding carboxylic acids is 1. The number of hydrogen-bond donors (Lipinski definition) is 0. The molecule has 1 aliphatic heterocycles. The highest BCUT2D eigenvalue weighted by Crippen LogP contribution is 2.39. The van der Waals surface area contributed by atoms with E-state index in [4.69, 9.17) is 4.74 Å². The highest BCUT2D eigenvalue weighted by Gasteiger charge is 2.31. The molecule has 1 aromatic heterocycles. The van der Waals surface area contributed by atoms with Gasteiger partial charge in [0.05, 0.1) is 12.2 Å². The van der Waals surface area contributed by atoms with Gasteiger partial charge in [0.25, 0.3) is 5.91 Å². The third-order valence-electron chi connectivity index (χ3n) is 3.95. The Morgan fingerprint density at radius 1 is 1.29 bits per heavy atom. The minimum absolute atomic E-state index is 0.0448. The quantitative estimate of drug-likeness (QED) is 0.832. The fourth-order valence-corrected chi connectivity index (χ4v) is 3.23. The molecule has 2 aliphatic rings. The number of halogens is 1. The van der Waals surface area contributed by atoms with E-state index in [1.807, 2.05) is 41.4 Å². The van der Waals surface area contributed by atoms with Crippen molar-refractivity contribution in [2.45, 2.75) is 18.9 Å². The molecule has 2 heterocycles. The van der Waals surface area contributed by atoms with Crippen LogP contribution < -0.4 is 9.64 Å². The van der Waals surface area contributed by atoms with Crippen molar-refractivity contribution < 1.29 is 9.53 Å². The lowest BCUT2D eigenvalue weighted by Crippen LogP contribution is -2.38. The van der Waals surface area contributed by atoms with Gasteiger partial charge in [-0.15, -0.1) is 0 Å². The number of amides is 1. The summed E-state index contributed by atoms with van der Waals surface area (Å²) in [6, 6.07) is 10.1. The predicted octanol–water partition coefficient (Wildman–Crippen LogP) is 3.62. The molecule has 1 aliphatic carbocycles. The Labute approximate surface area is 131 Å². The smallest absolute Gasteiger partial charge is 0.275 e. The lowest BCUT2D eigenvalue weighted by molar-refractivity contribution is 0.0967. The average molecular weight is 347 g/mol. The standard InChI is InChI=1S/C16H15BrN2O2/c17-11-9-14(19(10-11)12-5-6-12)16(20)18-7-8-21-15-4-2-1-3-13(15)18/h1-4,9-10,12H,5-8H2. The Hall–Kier alpha value is -1.75. The van der Waals surface area contributed by atoms with Crippen LogP contribution in [0.4, 0.5) is 5.69 Å². The number of nitrogens with zero attached hydrogens (tertiary/aromatic N) is 2. The molecule has 1 fully saturated rings. The van der Waals surface area contributed by atoms with E-state index in [2.05, 4.69) is 20.5 Å². The summed E-state index contributed by atoms with van der Waals surface area (Å²) in [5.41, 5.74) is 1.61. The van der Waals surface area contributed by atoms with Gasteiger partial charge < -0.3 is 14.2 Å². The molecule has 4 nitrogen and oxygen atoms in total. The summed E-state index contributed by atoms with van der Waals surface area (Å²) in [5.74, 6) is 0.823. The van der Waals surface area contributed by atoms with E-state index in [1.165, 1.54) is 0 Å². The van der Waals surface area contributed by atoms with Crippen molar-refractivity contribution in [3.05, 3.63) is 46.7 Å². The van der Waals surface area contributed by atoms with Gasteiger partial charge >= 0.3 is 0 Å². The summed E-state index contributed by atoms with van der Waals surface area (Å²) in [5, 5.41) is 0. The van der Waals surface area contributed by atoms with Gasteiger partial charge in [0, 0.05) is 16.7 Å². The first-order valence-electron chi connectivity index (χ1n) is 7.15. The number of ether oxygens (including phenoxy) is 1. The zero-order valence-corrected chi connectivity index (χ0v) is 13.0. The minimum atomic E-state index is 0.0448. The van der Waals surface area contributed by atoms with Crippen LogP contribution in [0.25, 0.3) is 0 Å². The predicted molar refractivity (Wildman–Crippen MR) is 84.0 cm³/mol. The largest absolute Gasteiger partial charge is 0.490 e.